The van der Waals surface area contributed by atoms with E-state index in [2.05, 4.69) is 5.32 Å². The highest BCUT2D eigenvalue weighted by molar-refractivity contribution is 7.12. The summed E-state index contributed by atoms with van der Waals surface area (Å²) in [5, 5.41) is 4.75. The molecule has 2 aromatic rings. The van der Waals surface area contributed by atoms with Crippen molar-refractivity contribution in [2.24, 2.45) is 0 Å². The molecule has 20 heavy (non-hydrogen) atoms. The zero-order chi connectivity index (χ0) is 14.5. The molecule has 1 aromatic heterocycles. The second-order valence-corrected chi connectivity index (χ2v) is 5.73. The number of carbonyl (C=O) groups excluding carboxylic acids is 2. The summed E-state index contributed by atoms with van der Waals surface area (Å²) in [6.07, 6.45) is 0.315. The Bertz CT molecular complexity index is 614. The van der Waals surface area contributed by atoms with Gasteiger partial charge >= 0.3 is 0 Å². The fraction of sp³-hybridized carbons (Fsp3) is 0.250. The highest BCUT2D eigenvalue weighted by atomic mass is 32.1. The number of hydrogen-bond donors (Lipinski definition) is 1. The van der Waals surface area contributed by atoms with Crippen LogP contribution in [0, 0.1) is 6.92 Å². The highest BCUT2D eigenvalue weighted by Gasteiger charge is 2.08. The molecule has 0 saturated carbocycles. The van der Waals surface area contributed by atoms with Crippen molar-refractivity contribution in [3.8, 4) is 0 Å². The summed E-state index contributed by atoms with van der Waals surface area (Å²) in [4.78, 5) is 23.7. The summed E-state index contributed by atoms with van der Waals surface area (Å²) >= 11 is 1.39. The van der Waals surface area contributed by atoms with E-state index in [1.165, 1.54) is 23.8 Å². The van der Waals surface area contributed by atoms with Crippen LogP contribution in [-0.2, 0) is 17.8 Å². The van der Waals surface area contributed by atoms with Crippen molar-refractivity contribution in [1.29, 1.82) is 0 Å². The van der Waals surface area contributed by atoms with Gasteiger partial charge in [-0.3, -0.25) is 9.59 Å². The van der Waals surface area contributed by atoms with Crippen LogP contribution in [0.1, 0.15) is 33.3 Å². The van der Waals surface area contributed by atoms with Crippen molar-refractivity contribution < 1.29 is 9.59 Å². The minimum Gasteiger partial charge on any atom is -0.352 e. The van der Waals surface area contributed by atoms with Crippen LogP contribution in [0.2, 0.25) is 0 Å². The topological polar surface area (TPSA) is 46.2 Å². The van der Waals surface area contributed by atoms with Gasteiger partial charge < -0.3 is 5.32 Å². The van der Waals surface area contributed by atoms with E-state index < -0.39 is 0 Å². The van der Waals surface area contributed by atoms with E-state index >= 15 is 0 Å². The largest absolute Gasteiger partial charge is 0.352 e. The number of nitrogens with one attached hydrogen (secondary N) is 1. The Balaban J connectivity index is 1.85. The zero-order valence-corrected chi connectivity index (χ0v) is 12.4. The fourth-order valence-electron chi connectivity index (χ4n) is 1.81. The van der Waals surface area contributed by atoms with Crippen LogP contribution in [0.15, 0.2) is 35.7 Å². The normalized spacial score (nSPS) is 10.3. The van der Waals surface area contributed by atoms with Crippen LogP contribution in [0.5, 0.6) is 0 Å². The van der Waals surface area contributed by atoms with Crippen molar-refractivity contribution in [2.75, 3.05) is 0 Å². The number of Topliss-reactive ketones (excluding diaryl/α,β-unsaturated/α-hetero) is 1. The highest BCUT2D eigenvalue weighted by Crippen LogP contribution is 2.15. The minimum atomic E-state index is -0.0292. The molecule has 0 atom stereocenters. The lowest BCUT2D eigenvalue weighted by atomic mass is 10.1. The SMILES string of the molecule is CC(=O)c1cc(CC(=O)NCc2ccc(C)cc2)cs1. The Morgan fingerprint density at radius 2 is 1.85 bits per heavy atom. The van der Waals surface area contributed by atoms with Crippen LogP contribution in [0.4, 0.5) is 0 Å². The average Bonchev–Trinajstić information content (AvgIpc) is 2.87. The molecule has 0 fully saturated rings. The third kappa shape index (κ3) is 4.03. The molecule has 1 heterocycles. The standard InChI is InChI=1S/C16H17NO2S/c1-11-3-5-13(6-4-11)9-17-16(19)8-14-7-15(12(2)18)20-10-14/h3-7,10H,8-9H2,1-2H3,(H,17,19). The van der Waals surface area contributed by atoms with Crippen molar-refractivity contribution >= 4 is 23.0 Å². The van der Waals surface area contributed by atoms with Gasteiger partial charge in [0.25, 0.3) is 0 Å². The first kappa shape index (κ1) is 14.5. The van der Waals surface area contributed by atoms with Gasteiger partial charge in [0.15, 0.2) is 5.78 Å². The molecule has 2 rings (SSSR count). The van der Waals surface area contributed by atoms with Gasteiger partial charge in [-0.15, -0.1) is 11.3 Å². The van der Waals surface area contributed by atoms with Crippen LogP contribution in [0.25, 0.3) is 0 Å². The van der Waals surface area contributed by atoms with Gasteiger partial charge in [0.05, 0.1) is 11.3 Å². The number of amides is 1. The smallest absolute Gasteiger partial charge is 0.224 e. The lowest BCUT2D eigenvalue weighted by Crippen LogP contribution is -2.24. The van der Waals surface area contributed by atoms with Gasteiger partial charge in [-0.2, -0.15) is 0 Å². The predicted molar refractivity (Wildman–Crippen MR) is 81.1 cm³/mol. The van der Waals surface area contributed by atoms with Crippen molar-refractivity contribution in [3.63, 3.8) is 0 Å². The van der Waals surface area contributed by atoms with Gasteiger partial charge in [0.1, 0.15) is 0 Å². The second kappa shape index (κ2) is 6.48. The van der Waals surface area contributed by atoms with Crippen molar-refractivity contribution in [2.45, 2.75) is 26.8 Å². The molecule has 4 heteroatoms. The molecule has 0 aliphatic heterocycles. The van der Waals surface area contributed by atoms with Crippen LogP contribution in [0.3, 0.4) is 0 Å². The Kier molecular flexibility index (Phi) is 4.69. The van der Waals surface area contributed by atoms with Crippen molar-refractivity contribution in [1.82, 2.24) is 5.32 Å². The van der Waals surface area contributed by atoms with Gasteiger partial charge in [-0.05, 0) is 36.4 Å². The molecule has 1 N–H and O–H groups in total. The van der Waals surface area contributed by atoms with E-state index in [0.29, 0.717) is 17.8 Å². The molecule has 104 valence electrons. The maximum absolute atomic E-state index is 11.8. The first-order valence-electron chi connectivity index (χ1n) is 6.45. The molecule has 3 nitrogen and oxygen atoms in total. The van der Waals surface area contributed by atoms with Crippen LogP contribution in [-0.4, -0.2) is 11.7 Å². The summed E-state index contributed by atoms with van der Waals surface area (Å²) in [6.45, 7) is 4.10. The second-order valence-electron chi connectivity index (χ2n) is 4.81. The molecule has 0 aliphatic rings. The molecule has 0 saturated heterocycles. The van der Waals surface area contributed by atoms with Crippen molar-refractivity contribution in [3.05, 3.63) is 57.3 Å². The first-order chi connectivity index (χ1) is 9.54. The molecule has 0 unspecified atom stereocenters. The number of aryl methyl sites for hydroxylation is 1. The van der Waals surface area contributed by atoms with E-state index in [1.54, 1.807) is 6.07 Å². The number of benzene rings is 1. The van der Waals surface area contributed by atoms with Gasteiger partial charge in [0.2, 0.25) is 5.91 Å². The number of carbonyl (C=O) groups is 2. The Morgan fingerprint density at radius 1 is 1.15 bits per heavy atom. The van der Waals surface area contributed by atoms with Gasteiger partial charge in [-0.1, -0.05) is 29.8 Å². The van der Waals surface area contributed by atoms with E-state index in [-0.39, 0.29) is 11.7 Å². The molecule has 1 amide bonds. The van der Waals surface area contributed by atoms with Gasteiger partial charge in [-0.25, -0.2) is 0 Å². The molecule has 1 aromatic carbocycles. The maximum Gasteiger partial charge on any atom is 0.224 e. The minimum absolute atomic E-state index is 0.0292. The molecular weight excluding hydrogens is 270 g/mol. The summed E-state index contributed by atoms with van der Waals surface area (Å²) < 4.78 is 0. The number of hydrogen-bond acceptors (Lipinski definition) is 3. The van der Waals surface area contributed by atoms with E-state index in [4.69, 9.17) is 0 Å². The monoisotopic (exact) mass is 287 g/mol. The quantitative estimate of drug-likeness (QED) is 0.859. The lowest BCUT2D eigenvalue weighted by molar-refractivity contribution is -0.120. The predicted octanol–water partition coefficient (Wildman–Crippen LogP) is 3.12. The van der Waals surface area contributed by atoms with Gasteiger partial charge in [0, 0.05) is 6.54 Å². The Labute approximate surface area is 122 Å². The van der Waals surface area contributed by atoms with E-state index in [0.717, 1.165) is 11.1 Å². The van der Waals surface area contributed by atoms with Crippen LogP contribution >= 0.6 is 11.3 Å². The molecule has 0 radical (unpaired) electrons. The number of thiophene rings is 1. The molecule has 0 aliphatic carbocycles. The molecule has 0 spiro atoms. The summed E-state index contributed by atoms with van der Waals surface area (Å²) in [5.41, 5.74) is 3.18. The summed E-state index contributed by atoms with van der Waals surface area (Å²) in [6, 6.07) is 9.86. The Morgan fingerprint density at radius 3 is 2.45 bits per heavy atom. The molecular formula is C16H17NO2S. The van der Waals surface area contributed by atoms with E-state index in [1.807, 2.05) is 36.6 Å². The third-order valence-electron chi connectivity index (χ3n) is 2.98. The average molecular weight is 287 g/mol. The summed E-state index contributed by atoms with van der Waals surface area (Å²) in [7, 11) is 0. The van der Waals surface area contributed by atoms with E-state index in [9.17, 15) is 9.59 Å². The third-order valence-corrected chi connectivity index (χ3v) is 4.06. The first-order valence-corrected chi connectivity index (χ1v) is 7.33. The fourth-order valence-corrected chi connectivity index (χ4v) is 2.62. The van der Waals surface area contributed by atoms with Crippen LogP contribution < -0.4 is 5.32 Å². The maximum atomic E-state index is 11.8. The summed E-state index contributed by atoms with van der Waals surface area (Å²) in [5.74, 6) is 0.0137. The Hall–Kier alpha value is -1.94. The lowest BCUT2D eigenvalue weighted by Gasteiger charge is -2.05. The number of ketones is 1. The molecule has 0 bridgehead atoms. The zero-order valence-electron chi connectivity index (χ0n) is 11.6. The number of rotatable bonds is 5.